The summed E-state index contributed by atoms with van der Waals surface area (Å²) >= 11 is 0. The number of sulfonamides is 1. The first kappa shape index (κ1) is 12.1. The van der Waals surface area contributed by atoms with Crippen LogP contribution in [0.15, 0.2) is 18.5 Å². The normalized spacial score (nSPS) is 12.7. The number of hydrogen-bond acceptors (Lipinski definition) is 4. The Morgan fingerprint density at radius 1 is 1.27 bits per heavy atom. The molecule has 6 heteroatoms. The number of aromatic nitrogens is 2. The lowest BCUT2D eigenvalue weighted by Gasteiger charge is -2.19. The molecule has 0 spiro atoms. The first-order valence-electron chi connectivity index (χ1n) is 4.58. The van der Waals surface area contributed by atoms with Crippen LogP contribution in [0.2, 0.25) is 0 Å². The Morgan fingerprint density at radius 3 is 2.27 bits per heavy atom. The third kappa shape index (κ3) is 3.24. The van der Waals surface area contributed by atoms with Crippen LogP contribution in [0.25, 0.3) is 0 Å². The molecule has 0 aromatic carbocycles. The molecule has 0 atom stereocenters. The standard InChI is InChI=1S/C9H15N3O2S/c1-9(2,3)15(13,14)12-7-8-10-5-4-6-11-8/h4-6,12H,7H2,1-3H3. The zero-order valence-corrected chi connectivity index (χ0v) is 9.87. The van der Waals surface area contributed by atoms with Gasteiger partial charge in [-0.3, -0.25) is 0 Å². The van der Waals surface area contributed by atoms with Gasteiger partial charge in [-0.2, -0.15) is 0 Å². The summed E-state index contributed by atoms with van der Waals surface area (Å²) < 4.78 is 25.0. The molecule has 0 amide bonds. The number of nitrogens with one attached hydrogen (secondary N) is 1. The Hall–Kier alpha value is -1.01. The van der Waals surface area contributed by atoms with Crippen LogP contribution in [0, 0.1) is 0 Å². The molecule has 0 aliphatic heterocycles. The highest BCUT2D eigenvalue weighted by Gasteiger charge is 2.28. The second kappa shape index (κ2) is 4.24. The highest BCUT2D eigenvalue weighted by molar-refractivity contribution is 7.90. The zero-order valence-electron chi connectivity index (χ0n) is 9.06. The van der Waals surface area contributed by atoms with Gasteiger partial charge < -0.3 is 0 Å². The Morgan fingerprint density at radius 2 is 1.80 bits per heavy atom. The van der Waals surface area contributed by atoms with Crippen LogP contribution < -0.4 is 4.72 Å². The van der Waals surface area contributed by atoms with Gasteiger partial charge >= 0.3 is 0 Å². The average molecular weight is 229 g/mol. The van der Waals surface area contributed by atoms with Crippen molar-refractivity contribution < 1.29 is 8.42 Å². The van der Waals surface area contributed by atoms with E-state index < -0.39 is 14.8 Å². The van der Waals surface area contributed by atoms with Gasteiger partial charge in [0.15, 0.2) is 0 Å². The molecule has 0 radical (unpaired) electrons. The van der Waals surface area contributed by atoms with Crippen molar-refractivity contribution in [1.82, 2.24) is 14.7 Å². The van der Waals surface area contributed by atoms with E-state index in [-0.39, 0.29) is 6.54 Å². The van der Waals surface area contributed by atoms with E-state index in [0.29, 0.717) is 5.82 Å². The lowest BCUT2D eigenvalue weighted by atomic mass is 10.3. The van der Waals surface area contributed by atoms with Crippen molar-refractivity contribution in [3.05, 3.63) is 24.3 Å². The molecule has 15 heavy (non-hydrogen) atoms. The van der Waals surface area contributed by atoms with Gasteiger partial charge in [-0.1, -0.05) is 0 Å². The molecule has 0 fully saturated rings. The van der Waals surface area contributed by atoms with Gasteiger partial charge in [0.1, 0.15) is 5.82 Å². The van der Waals surface area contributed by atoms with Crippen molar-refractivity contribution in [2.24, 2.45) is 0 Å². The SMILES string of the molecule is CC(C)(C)S(=O)(=O)NCc1ncccn1. The maximum Gasteiger partial charge on any atom is 0.216 e. The lowest BCUT2D eigenvalue weighted by Crippen LogP contribution is -2.39. The fourth-order valence-electron chi connectivity index (χ4n) is 0.797. The Kier molecular flexibility index (Phi) is 3.41. The van der Waals surface area contributed by atoms with E-state index in [4.69, 9.17) is 0 Å². The van der Waals surface area contributed by atoms with E-state index in [1.54, 1.807) is 39.2 Å². The van der Waals surface area contributed by atoms with Gasteiger partial charge in [0.25, 0.3) is 0 Å². The van der Waals surface area contributed by atoms with Crippen LogP contribution >= 0.6 is 0 Å². The molecule has 0 aliphatic rings. The van der Waals surface area contributed by atoms with Crippen molar-refractivity contribution in [3.63, 3.8) is 0 Å². The minimum absolute atomic E-state index is 0.125. The lowest BCUT2D eigenvalue weighted by molar-refractivity contribution is 0.543. The first-order valence-corrected chi connectivity index (χ1v) is 6.06. The van der Waals surface area contributed by atoms with Crippen LogP contribution in [-0.4, -0.2) is 23.1 Å². The smallest absolute Gasteiger partial charge is 0.216 e. The van der Waals surface area contributed by atoms with Gasteiger partial charge in [0.05, 0.1) is 11.3 Å². The maximum atomic E-state index is 11.7. The summed E-state index contributed by atoms with van der Waals surface area (Å²) in [6.07, 6.45) is 3.15. The number of rotatable bonds is 3. The van der Waals surface area contributed by atoms with E-state index in [2.05, 4.69) is 14.7 Å². The number of hydrogen-bond donors (Lipinski definition) is 1. The predicted octanol–water partition coefficient (Wildman–Crippen LogP) is 0.694. The molecule has 1 heterocycles. The summed E-state index contributed by atoms with van der Waals surface area (Å²) in [6, 6.07) is 1.68. The van der Waals surface area contributed by atoms with Gasteiger partial charge in [-0.15, -0.1) is 0 Å². The molecule has 1 N–H and O–H groups in total. The Balaban J connectivity index is 2.67. The highest BCUT2D eigenvalue weighted by Crippen LogP contribution is 2.13. The van der Waals surface area contributed by atoms with Crippen molar-refractivity contribution in [2.45, 2.75) is 32.1 Å². The molecule has 1 aromatic rings. The van der Waals surface area contributed by atoms with E-state index in [1.807, 2.05) is 0 Å². The van der Waals surface area contributed by atoms with Crippen molar-refractivity contribution >= 4 is 10.0 Å². The second-order valence-electron chi connectivity index (χ2n) is 4.10. The van der Waals surface area contributed by atoms with Gasteiger partial charge in [0.2, 0.25) is 10.0 Å². The molecule has 0 saturated carbocycles. The summed E-state index contributed by atoms with van der Waals surface area (Å²) in [5.74, 6) is 0.463. The predicted molar refractivity (Wildman–Crippen MR) is 57.5 cm³/mol. The third-order valence-corrected chi connectivity index (χ3v) is 3.98. The van der Waals surface area contributed by atoms with E-state index in [9.17, 15) is 8.42 Å². The fraction of sp³-hybridized carbons (Fsp3) is 0.556. The molecule has 1 aromatic heterocycles. The first-order chi connectivity index (χ1) is 6.83. The molecule has 0 aliphatic carbocycles. The van der Waals surface area contributed by atoms with Crippen LogP contribution in [0.1, 0.15) is 26.6 Å². The van der Waals surface area contributed by atoms with Crippen molar-refractivity contribution in [2.75, 3.05) is 0 Å². The summed E-state index contributed by atoms with van der Waals surface area (Å²) in [4.78, 5) is 7.85. The van der Waals surface area contributed by atoms with Crippen molar-refractivity contribution in [1.29, 1.82) is 0 Å². The third-order valence-electron chi connectivity index (χ3n) is 1.85. The van der Waals surface area contributed by atoms with Crippen LogP contribution in [0.5, 0.6) is 0 Å². The molecule has 0 unspecified atom stereocenters. The van der Waals surface area contributed by atoms with Crippen molar-refractivity contribution in [3.8, 4) is 0 Å². The Labute approximate surface area is 90.0 Å². The maximum absolute atomic E-state index is 11.7. The monoisotopic (exact) mass is 229 g/mol. The van der Waals surface area contributed by atoms with Crippen LogP contribution in [-0.2, 0) is 16.6 Å². The minimum Gasteiger partial charge on any atom is -0.240 e. The molecular weight excluding hydrogens is 214 g/mol. The molecule has 0 bridgehead atoms. The van der Waals surface area contributed by atoms with Gasteiger partial charge in [0, 0.05) is 12.4 Å². The fourth-order valence-corrected chi connectivity index (χ4v) is 1.55. The largest absolute Gasteiger partial charge is 0.240 e. The van der Waals surface area contributed by atoms with E-state index >= 15 is 0 Å². The Bertz CT molecular complexity index is 409. The molecule has 1 rings (SSSR count). The van der Waals surface area contributed by atoms with E-state index in [0.717, 1.165) is 0 Å². The zero-order chi connectivity index (χ0) is 11.5. The summed E-state index contributed by atoms with van der Waals surface area (Å²) in [6.45, 7) is 5.05. The molecule has 84 valence electrons. The molecule has 5 nitrogen and oxygen atoms in total. The van der Waals surface area contributed by atoms with E-state index in [1.165, 1.54) is 0 Å². The second-order valence-corrected chi connectivity index (χ2v) is 6.62. The molecular formula is C9H15N3O2S. The average Bonchev–Trinajstić information content (AvgIpc) is 2.15. The van der Waals surface area contributed by atoms with Crippen LogP contribution in [0.3, 0.4) is 0 Å². The minimum atomic E-state index is -3.33. The summed E-state index contributed by atoms with van der Waals surface area (Å²) in [5, 5.41) is 0. The van der Waals surface area contributed by atoms with Crippen LogP contribution in [0.4, 0.5) is 0 Å². The van der Waals surface area contributed by atoms with Gasteiger partial charge in [-0.05, 0) is 26.8 Å². The summed E-state index contributed by atoms with van der Waals surface area (Å²) in [7, 11) is -3.33. The topological polar surface area (TPSA) is 72.0 Å². The molecule has 0 saturated heterocycles. The quantitative estimate of drug-likeness (QED) is 0.828. The highest BCUT2D eigenvalue weighted by atomic mass is 32.2. The van der Waals surface area contributed by atoms with Gasteiger partial charge in [-0.25, -0.2) is 23.1 Å². The number of nitrogens with zero attached hydrogens (tertiary/aromatic N) is 2. The summed E-state index contributed by atoms with van der Waals surface area (Å²) in [5.41, 5.74) is 0.